The number of nitrogens with one attached hydrogen (secondary N) is 2. The largest absolute Gasteiger partial charge is 0.491 e. The van der Waals surface area contributed by atoms with Crippen molar-refractivity contribution in [2.24, 2.45) is 0 Å². The summed E-state index contributed by atoms with van der Waals surface area (Å²) in [5, 5.41) is 27.9. The van der Waals surface area contributed by atoms with Gasteiger partial charge in [-0.2, -0.15) is 0 Å². The third-order valence-electron chi connectivity index (χ3n) is 2.74. The third kappa shape index (κ3) is 4.96. The fraction of sp³-hybridized carbons (Fsp3) is 0.636. The molecule has 0 fully saturated rings. The first-order valence-electron chi connectivity index (χ1n) is 6.69. The van der Waals surface area contributed by atoms with Crippen LogP contribution in [-0.4, -0.2) is 70.0 Å². The fourth-order valence-electron chi connectivity index (χ4n) is 1.60. The molecule has 1 unspecified atom stereocenters. The molecular weight excluding hydrogens is 312 g/mol. The van der Waals surface area contributed by atoms with E-state index in [0.717, 1.165) is 4.68 Å². The van der Waals surface area contributed by atoms with Crippen molar-refractivity contribution in [2.75, 3.05) is 33.4 Å². The maximum Gasteiger partial charge on any atom is 0.491 e. The lowest BCUT2D eigenvalue weighted by atomic mass is 10.3. The first-order chi connectivity index (χ1) is 10.9. The maximum absolute atomic E-state index is 12.0. The number of methoxy groups -OCH3 is 1. The van der Waals surface area contributed by atoms with Gasteiger partial charge in [0.05, 0.1) is 13.2 Å². The average Bonchev–Trinajstić information content (AvgIpc) is 2.97. The number of nitro groups is 1. The van der Waals surface area contributed by atoms with Gasteiger partial charge in [-0.15, -0.1) is 4.68 Å². The minimum Gasteiger partial charge on any atom is -0.395 e. The predicted octanol–water partition coefficient (Wildman–Crippen LogP) is -1.77. The van der Waals surface area contributed by atoms with Gasteiger partial charge in [-0.05, 0) is 16.8 Å². The molecule has 0 aliphatic carbocycles. The van der Waals surface area contributed by atoms with Crippen molar-refractivity contribution in [3.05, 3.63) is 15.9 Å². The number of aromatic nitrogens is 3. The van der Waals surface area contributed by atoms with Crippen molar-refractivity contribution in [2.45, 2.75) is 13.0 Å². The van der Waals surface area contributed by atoms with E-state index in [1.54, 1.807) is 0 Å². The molecule has 1 atom stereocenters. The van der Waals surface area contributed by atoms with Crippen molar-refractivity contribution >= 4 is 17.8 Å². The summed E-state index contributed by atoms with van der Waals surface area (Å²) < 4.78 is 5.65. The molecule has 0 aromatic carbocycles. The van der Waals surface area contributed by atoms with Crippen molar-refractivity contribution in [1.29, 1.82) is 0 Å². The van der Waals surface area contributed by atoms with Gasteiger partial charge in [0.15, 0.2) is 0 Å². The van der Waals surface area contributed by atoms with Gasteiger partial charge in [-0.3, -0.25) is 9.59 Å². The van der Waals surface area contributed by atoms with E-state index < -0.39 is 28.7 Å². The molecule has 1 rings (SSSR count). The molecule has 0 saturated heterocycles. The Bertz CT molecular complexity index is 573. The number of amides is 2. The molecule has 128 valence electrons. The number of ether oxygens (including phenoxy) is 1. The summed E-state index contributed by atoms with van der Waals surface area (Å²) in [5.41, 5.74) is 0. The quantitative estimate of drug-likeness (QED) is 0.272. The molecule has 23 heavy (non-hydrogen) atoms. The van der Waals surface area contributed by atoms with Gasteiger partial charge in [0, 0.05) is 25.3 Å². The lowest BCUT2D eigenvalue weighted by molar-refractivity contribution is -0.394. The Hall–Kier alpha value is -2.60. The number of hydrogen-bond donors (Lipinski definition) is 3. The van der Waals surface area contributed by atoms with E-state index >= 15 is 0 Å². The summed E-state index contributed by atoms with van der Waals surface area (Å²) in [5.74, 6) is -2.43. The van der Waals surface area contributed by atoms with Crippen molar-refractivity contribution < 1.29 is 24.4 Å². The molecule has 0 aliphatic heterocycles. The minimum atomic E-state index is -1.02. The van der Waals surface area contributed by atoms with Crippen LogP contribution in [0.25, 0.3) is 0 Å². The molecule has 0 bridgehead atoms. The molecule has 0 saturated carbocycles. The highest BCUT2D eigenvalue weighted by Crippen LogP contribution is 2.13. The van der Waals surface area contributed by atoms with E-state index in [4.69, 9.17) is 9.84 Å². The summed E-state index contributed by atoms with van der Waals surface area (Å²) in [6, 6.07) is -1.02. The number of carbonyl (C=O) groups is 2. The van der Waals surface area contributed by atoms with Crippen LogP contribution < -0.4 is 10.6 Å². The summed E-state index contributed by atoms with van der Waals surface area (Å²) in [6.45, 7) is 1.56. The molecule has 1 aromatic heterocycles. The van der Waals surface area contributed by atoms with E-state index in [1.807, 2.05) is 0 Å². The van der Waals surface area contributed by atoms with Gasteiger partial charge in [0.25, 0.3) is 0 Å². The second kappa shape index (κ2) is 8.75. The topological polar surface area (TPSA) is 162 Å². The number of hydrogen-bond acceptors (Lipinski definition) is 8. The number of aliphatic hydroxyl groups is 1. The fourth-order valence-corrected chi connectivity index (χ4v) is 1.60. The first-order valence-corrected chi connectivity index (χ1v) is 6.69. The van der Waals surface area contributed by atoms with Crippen LogP contribution in [0.15, 0.2) is 0 Å². The van der Waals surface area contributed by atoms with Crippen LogP contribution in [0, 0.1) is 10.1 Å². The van der Waals surface area contributed by atoms with Crippen LogP contribution >= 0.6 is 0 Å². The highest BCUT2D eigenvalue weighted by Gasteiger charge is 2.32. The molecule has 0 radical (unpaired) electrons. The average molecular weight is 330 g/mol. The molecule has 3 N–H and O–H groups in total. The Balaban J connectivity index is 3.01. The van der Waals surface area contributed by atoms with Gasteiger partial charge in [0.2, 0.25) is 5.91 Å². The SMILES string of the molecule is COCCNC(=O)c1nc([N+](=O)[O-])nn1C(C)C(=O)NCCO. The monoisotopic (exact) mass is 330 g/mol. The number of nitrogens with zero attached hydrogens (tertiary/aromatic N) is 4. The Morgan fingerprint density at radius 3 is 2.70 bits per heavy atom. The van der Waals surface area contributed by atoms with Crippen LogP contribution in [-0.2, 0) is 9.53 Å². The van der Waals surface area contributed by atoms with Crippen molar-refractivity contribution in [3.8, 4) is 0 Å². The van der Waals surface area contributed by atoms with E-state index in [2.05, 4.69) is 20.7 Å². The zero-order valence-electron chi connectivity index (χ0n) is 12.7. The zero-order chi connectivity index (χ0) is 17.4. The molecule has 12 nitrogen and oxygen atoms in total. The lowest BCUT2D eigenvalue weighted by Gasteiger charge is -2.10. The molecular formula is C11H18N6O6. The Labute approximate surface area is 131 Å². The zero-order valence-corrected chi connectivity index (χ0v) is 12.7. The van der Waals surface area contributed by atoms with Crippen LogP contribution in [0.5, 0.6) is 0 Å². The minimum absolute atomic E-state index is 0.00926. The molecule has 2 amide bonds. The lowest BCUT2D eigenvalue weighted by Crippen LogP contribution is -2.36. The molecule has 1 heterocycles. The van der Waals surface area contributed by atoms with Crippen LogP contribution in [0.3, 0.4) is 0 Å². The standard InChI is InChI=1S/C11H18N6O6/c1-7(9(19)12-3-5-18)16-8(10(20)13-4-6-23-2)14-11(15-16)17(21)22/h7,18H,3-6H2,1-2H3,(H,12,19)(H,13,20). The number of aliphatic hydroxyl groups excluding tert-OH is 1. The molecule has 12 heteroatoms. The van der Waals surface area contributed by atoms with Gasteiger partial charge < -0.3 is 30.6 Å². The van der Waals surface area contributed by atoms with Crippen molar-refractivity contribution in [1.82, 2.24) is 25.4 Å². The van der Waals surface area contributed by atoms with Gasteiger partial charge >= 0.3 is 17.7 Å². The van der Waals surface area contributed by atoms with Gasteiger partial charge in [-0.1, -0.05) is 0 Å². The van der Waals surface area contributed by atoms with Gasteiger partial charge in [0.1, 0.15) is 6.04 Å². The normalized spacial score (nSPS) is 11.8. The Morgan fingerprint density at radius 1 is 1.43 bits per heavy atom. The van der Waals surface area contributed by atoms with Crippen LogP contribution in [0.4, 0.5) is 5.95 Å². The summed E-state index contributed by atoms with van der Waals surface area (Å²) in [4.78, 5) is 37.4. The van der Waals surface area contributed by atoms with E-state index in [9.17, 15) is 19.7 Å². The first kappa shape index (κ1) is 18.4. The van der Waals surface area contributed by atoms with Crippen LogP contribution in [0.1, 0.15) is 23.6 Å². The predicted molar refractivity (Wildman–Crippen MR) is 75.7 cm³/mol. The number of rotatable bonds is 9. The smallest absolute Gasteiger partial charge is 0.395 e. The van der Waals surface area contributed by atoms with E-state index in [1.165, 1.54) is 14.0 Å². The second-order valence-electron chi connectivity index (χ2n) is 4.38. The Kier molecular flexibility index (Phi) is 7.02. The van der Waals surface area contributed by atoms with E-state index in [0.29, 0.717) is 0 Å². The van der Waals surface area contributed by atoms with E-state index in [-0.39, 0.29) is 32.1 Å². The summed E-state index contributed by atoms with van der Waals surface area (Å²) >= 11 is 0. The molecule has 0 spiro atoms. The third-order valence-corrected chi connectivity index (χ3v) is 2.74. The highest BCUT2D eigenvalue weighted by atomic mass is 16.6. The van der Waals surface area contributed by atoms with Gasteiger partial charge in [-0.25, -0.2) is 0 Å². The van der Waals surface area contributed by atoms with Crippen LogP contribution in [0.2, 0.25) is 0 Å². The highest BCUT2D eigenvalue weighted by molar-refractivity contribution is 5.91. The number of carbonyl (C=O) groups excluding carboxylic acids is 2. The summed E-state index contributed by atoms with van der Waals surface area (Å²) in [7, 11) is 1.45. The maximum atomic E-state index is 12.0. The molecule has 1 aromatic rings. The van der Waals surface area contributed by atoms with Crippen molar-refractivity contribution in [3.63, 3.8) is 0 Å². The summed E-state index contributed by atoms with van der Waals surface area (Å²) in [6.07, 6.45) is 0. The molecule has 0 aliphatic rings. The Morgan fingerprint density at radius 2 is 2.13 bits per heavy atom. The second-order valence-corrected chi connectivity index (χ2v) is 4.38.